The van der Waals surface area contributed by atoms with Crippen LogP contribution in [0.15, 0.2) is 18.2 Å². The molecule has 1 aromatic carbocycles. The molecular formula is C20H30N2O5. The lowest BCUT2D eigenvalue weighted by molar-refractivity contribution is -0.0566. The van der Waals surface area contributed by atoms with E-state index in [2.05, 4.69) is 10.2 Å². The average molecular weight is 378 g/mol. The third-order valence-corrected chi connectivity index (χ3v) is 5.07. The smallest absolute Gasteiger partial charge is 0.251 e. The standard InChI is InChI=1S/C20H30N2O5/c1-13(2)27-18-5-4-14(8-19(18)25-3)20(24)21-15-9-16-12-26-17(6-7-23)11-22(16)10-15/h4-5,8,13,15-17,23H,6-7,9-12H2,1-3H3,(H,21,24)/t15-,16-,17-/m0/s1. The number of benzene rings is 1. The van der Waals surface area contributed by atoms with Gasteiger partial charge in [-0.2, -0.15) is 0 Å². The summed E-state index contributed by atoms with van der Waals surface area (Å²) < 4.78 is 16.9. The van der Waals surface area contributed by atoms with Gasteiger partial charge in [0.25, 0.3) is 5.91 Å². The minimum Gasteiger partial charge on any atom is -0.493 e. The van der Waals surface area contributed by atoms with Gasteiger partial charge >= 0.3 is 0 Å². The number of aliphatic hydroxyl groups excluding tert-OH is 1. The summed E-state index contributed by atoms with van der Waals surface area (Å²) in [7, 11) is 1.57. The lowest BCUT2D eigenvalue weighted by atomic mass is 10.1. The molecule has 0 aromatic heterocycles. The summed E-state index contributed by atoms with van der Waals surface area (Å²) in [6, 6.07) is 5.69. The van der Waals surface area contributed by atoms with E-state index < -0.39 is 0 Å². The number of nitrogens with one attached hydrogen (secondary N) is 1. The molecule has 0 spiro atoms. The van der Waals surface area contributed by atoms with E-state index in [4.69, 9.17) is 19.3 Å². The Morgan fingerprint density at radius 2 is 2.19 bits per heavy atom. The maximum absolute atomic E-state index is 12.7. The number of methoxy groups -OCH3 is 1. The van der Waals surface area contributed by atoms with Crippen LogP contribution in [0.3, 0.4) is 0 Å². The minimum atomic E-state index is -0.109. The molecule has 2 aliphatic heterocycles. The number of rotatable bonds is 7. The number of carbonyl (C=O) groups excluding carboxylic acids is 1. The molecule has 2 heterocycles. The first-order valence-corrected chi connectivity index (χ1v) is 9.62. The SMILES string of the molecule is COc1cc(C(=O)N[C@H]2C[C@H]3CO[C@@H](CCO)CN3C2)ccc1OC(C)C. The molecule has 0 bridgehead atoms. The second-order valence-corrected chi connectivity index (χ2v) is 7.51. The van der Waals surface area contributed by atoms with E-state index in [9.17, 15) is 4.79 Å². The summed E-state index contributed by atoms with van der Waals surface area (Å²) in [6.07, 6.45) is 1.65. The molecule has 0 unspecified atom stereocenters. The highest BCUT2D eigenvalue weighted by Crippen LogP contribution is 2.29. The number of ether oxygens (including phenoxy) is 3. The first kappa shape index (κ1) is 19.9. The Balaban J connectivity index is 1.59. The number of nitrogens with zero attached hydrogens (tertiary/aromatic N) is 1. The lowest BCUT2D eigenvalue weighted by Crippen LogP contribution is -2.46. The second kappa shape index (κ2) is 8.91. The molecule has 150 valence electrons. The summed E-state index contributed by atoms with van der Waals surface area (Å²) in [6.45, 7) is 6.32. The normalized spacial score (nSPS) is 25.3. The summed E-state index contributed by atoms with van der Waals surface area (Å²) in [5.74, 6) is 1.08. The molecule has 3 atom stereocenters. The first-order valence-electron chi connectivity index (χ1n) is 9.62. The van der Waals surface area contributed by atoms with Crippen LogP contribution in [0.1, 0.15) is 37.0 Å². The maximum atomic E-state index is 12.7. The van der Waals surface area contributed by atoms with Gasteiger partial charge in [-0.15, -0.1) is 0 Å². The minimum absolute atomic E-state index is 0.0336. The third kappa shape index (κ3) is 4.91. The van der Waals surface area contributed by atoms with Crippen LogP contribution in [0.4, 0.5) is 0 Å². The Morgan fingerprint density at radius 1 is 1.37 bits per heavy atom. The Bertz CT molecular complexity index is 651. The molecule has 1 amide bonds. The molecule has 0 saturated carbocycles. The molecule has 0 radical (unpaired) electrons. The van der Waals surface area contributed by atoms with Crippen molar-refractivity contribution < 1.29 is 24.1 Å². The predicted molar refractivity (Wildman–Crippen MR) is 101 cm³/mol. The number of hydrogen-bond acceptors (Lipinski definition) is 6. The molecular weight excluding hydrogens is 348 g/mol. The monoisotopic (exact) mass is 378 g/mol. The molecule has 7 heteroatoms. The maximum Gasteiger partial charge on any atom is 0.251 e. The van der Waals surface area contributed by atoms with Crippen molar-refractivity contribution in [1.29, 1.82) is 0 Å². The zero-order valence-electron chi connectivity index (χ0n) is 16.3. The van der Waals surface area contributed by atoms with E-state index in [1.54, 1.807) is 25.3 Å². The van der Waals surface area contributed by atoms with Crippen LogP contribution in [0.25, 0.3) is 0 Å². The van der Waals surface area contributed by atoms with Crippen LogP contribution < -0.4 is 14.8 Å². The van der Waals surface area contributed by atoms with Crippen molar-refractivity contribution in [3.63, 3.8) is 0 Å². The Morgan fingerprint density at radius 3 is 2.89 bits per heavy atom. The van der Waals surface area contributed by atoms with Crippen molar-refractivity contribution in [1.82, 2.24) is 10.2 Å². The summed E-state index contributed by atoms with van der Waals surface area (Å²) in [5.41, 5.74) is 0.558. The van der Waals surface area contributed by atoms with Crippen molar-refractivity contribution in [2.24, 2.45) is 0 Å². The van der Waals surface area contributed by atoms with E-state index in [1.807, 2.05) is 13.8 Å². The first-order chi connectivity index (χ1) is 13.0. The molecule has 2 fully saturated rings. The molecule has 2 aliphatic rings. The van der Waals surface area contributed by atoms with Gasteiger partial charge in [-0.3, -0.25) is 9.69 Å². The van der Waals surface area contributed by atoms with E-state index >= 15 is 0 Å². The van der Waals surface area contributed by atoms with Crippen molar-refractivity contribution in [2.75, 3.05) is 33.4 Å². The zero-order valence-corrected chi connectivity index (χ0v) is 16.3. The Labute approximate surface area is 160 Å². The van der Waals surface area contributed by atoms with Crippen molar-refractivity contribution >= 4 is 5.91 Å². The van der Waals surface area contributed by atoms with Crippen LogP contribution in [-0.2, 0) is 4.74 Å². The van der Waals surface area contributed by atoms with Crippen LogP contribution in [0.2, 0.25) is 0 Å². The number of fused-ring (bicyclic) bond motifs is 1. The molecule has 0 aliphatic carbocycles. The highest BCUT2D eigenvalue weighted by atomic mass is 16.5. The third-order valence-electron chi connectivity index (χ3n) is 5.07. The fraction of sp³-hybridized carbons (Fsp3) is 0.650. The van der Waals surface area contributed by atoms with Gasteiger partial charge in [0.1, 0.15) is 0 Å². The van der Waals surface area contributed by atoms with Gasteiger partial charge in [-0.1, -0.05) is 0 Å². The van der Waals surface area contributed by atoms with Crippen molar-refractivity contribution in [3.05, 3.63) is 23.8 Å². The fourth-order valence-corrected chi connectivity index (χ4v) is 3.79. The fourth-order valence-electron chi connectivity index (χ4n) is 3.79. The van der Waals surface area contributed by atoms with Crippen LogP contribution >= 0.6 is 0 Å². The average Bonchev–Trinajstić information content (AvgIpc) is 3.03. The zero-order chi connectivity index (χ0) is 19.4. The number of carbonyl (C=O) groups is 1. The summed E-state index contributed by atoms with van der Waals surface area (Å²) in [4.78, 5) is 15.0. The number of hydrogen-bond donors (Lipinski definition) is 2. The van der Waals surface area contributed by atoms with E-state index in [1.165, 1.54) is 0 Å². The van der Waals surface area contributed by atoms with Crippen LogP contribution in [-0.4, -0.2) is 73.6 Å². The highest BCUT2D eigenvalue weighted by Gasteiger charge is 2.37. The van der Waals surface area contributed by atoms with E-state index in [0.29, 0.717) is 36.1 Å². The highest BCUT2D eigenvalue weighted by molar-refractivity contribution is 5.95. The quantitative estimate of drug-likeness (QED) is 0.747. The largest absolute Gasteiger partial charge is 0.493 e. The van der Waals surface area contributed by atoms with Gasteiger partial charge in [-0.05, 0) is 44.9 Å². The Kier molecular flexibility index (Phi) is 6.57. The molecule has 7 nitrogen and oxygen atoms in total. The van der Waals surface area contributed by atoms with E-state index in [-0.39, 0.29) is 30.8 Å². The van der Waals surface area contributed by atoms with Gasteiger partial charge in [-0.25, -0.2) is 0 Å². The van der Waals surface area contributed by atoms with Crippen LogP contribution in [0, 0.1) is 0 Å². The van der Waals surface area contributed by atoms with Crippen molar-refractivity contribution in [2.45, 2.75) is 51.0 Å². The van der Waals surface area contributed by atoms with Gasteiger partial charge in [0.05, 0.1) is 25.9 Å². The molecule has 1 aromatic rings. The molecule has 3 rings (SSSR count). The lowest BCUT2D eigenvalue weighted by Gasteiger charge is -2.34. The molecule has 2 saturated heterocycles. The second-order valence-electron chi connectivity index (χ2n) is 7.51. The van der Waals surface area contributed by atoms with Gasteiger partial charge in [0.15, 0.2) is 11.5 Å². The van der Waals surface area contributed by atoms with Crippen molar-refractivity contribution in [3.8, 4) is 11.5 Å². The molecule has 27 heavy (non-hydrogen) atoms. The molecule has 2 N–H and O–H groups in total. The van der Waals surface area contributed by atoms with E-state index in [0.717, 1.165) is 19.5 Å². The van der Waals surface area contributed by atoms with Crippen LogP contribution in [0.5, 0.6) is 11.5 Å². The van der Waals surface area contributed by atoms with Gasteiger partial charge in [0.2, 0.25) is 0 Å². The topological polar surface area (TPSA) is 80.3 Å². The predicted octanol–water partition coefficient (Wildman–Crippen LogP) is 1.44. The van der Waals surface area contributed by atoms with Gasteiger partial charge in [0, 0.05) is 37.3 Å². The number of morpholine rings is 1. The van der Waals surface area contributed by atoms with Gasteiger partial charge < -0.3 is 24.6 Å². The Hall–Kier alpha value is -1.83. The summed E-state index contributed by atoms with van der Waals surface area (Å²) in [5, 5.41) is 12.2. The number of aliphatic hydroxyl groups is 1. The number of amides is 1. The summed E-state index contributed by atoms with van der Waals surface area (Å²) >= 11 is 0.